The van der Waals surface area contributed by atoms with Gasteiger partial charge in [-0.3, -0.25) is 0 Å². The summed E-state index contributed by atoms with van der Waals surface area (Å²) in [7, 11) is 0. The summed E-state index contributed by atoms with van der Waals surface area (Å²) in [4.78, 5) is 12.1. The van der Waals surface area contributed by atoms with Gasteiger partial charge in [-0.25, -0.2) is 4.79 Å². The summed E-state index contributed by atoms with van der Waals surface area (Å²) in [6.45, 7) is 1.35. The van der Waals surface area contributed by atoms with E-state index in [-0.39, 0.29) is 0 Å². The zero-order valence-electron chi connectivity index (χ0n) is 9.46. The standard InChI is InChI=1S/C11H16IN3OS/c12-10-6-7-8(2-1-3-9(7)17-10)14-4-5-15-11(13)16/h6,8,14H,1-5H2,(H3,13,15,16). The van der Waals surface area contributed by atoms with E-state index in [0.717, 1.165) is 6.54 Å². The molecule has 4 N–H and O–H groups in total. The van der Waals surface area contributed by atoms with Gasteiger partial charge in [-0.2, -0.15) is 0 Å². The number of nitrogens with two attached hydrogens (primary N) is 1. The van der Waals surface area contributed by atoms with E-state index in [0.29, 0.717) is 12.6 Å². The molecule has 2 rings (SSSR count). The van der Waals surface area contributed by atoms with Crippen LogP contribution in [0.3, 0.4) is 0 Å². The molecule has 1 aromatic rings. The van der Waals surface area contributed by atoms with E-state index in [1.54, 1.807) is 0 Å². The molecule has 0 aliphatic heterocycles. The molecule has 1 atom stereocenters. The van der Waals surface area contributed by atoms with Gasteiger partial charge in [0.05, 0.1) is 2.88 Å². The number of hydrogen-bond acceptors (Lipinski definition) is 3. The van der Waals surface area contributed by atoms with Crippen LogP contribution in [0.2, 0.25) is 0 Å². The number of amides is 2. The quantitative estimate of drug-likeness (QED) is 0.564. The highest BCUT2D eigenvalue weighted by atomic mass is 127. The minimum absolute atomic E-state index is 0.438. The van der Waals surface area contributed by atoms with Crippen LogP contribution in [0, 0.1) is 2.88 Å². The van der Waals surface area contributed by atoms with Crippen molar-refractivity contribution in [1.82, 2.24) is 10.6 Å². The molecule has 1 aliphatic rings. The van der Waals surface area contributed by atoms with Crippen LogP contribution in [0.15, 0.2) is 6.07 Å². The highest BCUT2D eigenvalue weighted by Crippen LogP contribution is 2.36. The van der Waals surface area contributed by atoms with Gasteiger partial charge >= 0.3 is 6.03 Å². The SMILES string of the molecule is NC(=O)NCCNC1CCCc2sc(I)cc21. The Labute approximate surface area is 118 Å². The number of primary amides is 1. The van der Waals surface area contributed by atoms with Crippen molar-refractivity contribution in [2.45, 2.75) is 25.3 Å². The number of nitrogens with one attached hydrogen (secondary N) is 2. The molecule has 0 bridgehead atoms. The van der Waals surface area contributed by atoms with Gasteiger partial charge in [0.15, 0.2) is 0 Å². The number of fused-ring (bicyclic) bond motifs is 1. The Morgan fingerprint density at radius 2 is 2.41 bits per heavy atom. The van der Waals surface area contributed by atoms with Crippen molar-refractivity contribution in [2.24, 2.45) is 5.73 Å². The fraction of sp³-hybridized carbons (Fsp3) is 0.545. The number of hydrogen-bond donors (Lipinski definition) is 3. The second kappa shape index (κ2) is 6.01. The number of urea groups is 1. The third-order valence-electron chi connectivity index (χ3n) is 2.90. The van der Waals surface area contributed by atoms with Crippen molar-refractivity contribution in [3.05, 3.63) is 19.4 Å². The summed E-state index contributed by atoms with van der Waals surface area (Å²) in [5.41, 5.74) is 6.46. The summed E-state index contributed by atoms with van der Waals surface area (Å²) < 4.78 is 1.36. The Morgan fingerprint density at radius 3 is 3.18 bits per heavy atom. The molecule has 1 aromatic heterocycles. The first-order valence-corrected chi connectivity index (χ1v) is 7.61. The van der Waals surface area contributed by atoms with Crippen molar-refractivity contribution >= 4 is 40.0 Å². The molecule has 1 aliphatic carbocycles. The van der Waals surface area contributed by atoms with Crippen LogP contribution in [0.25, 0.3) is 0 Å². The monoisotopic (exact) mass is 365 g/mol. The van der Waals surface area contributed by atoms with Gasteiger partial charge < -0.3 is 16.4 Å². The average Bonchev–Trinajstić information content (AvgIpc) is 2.65. The highest BCUT2D eigenvalue weighted by Gasteiger charge is 2.21. The van der Waals surface area contributed by atoms with E-state index >= 15 is 0 Å². The molecule has 0 fully saturated rings. The van der Waals surface area contributed by atoms with Crippen LogP contribution < -0.4 is 16.4 Å². The van der Waals surface area contributed by atoms with Gasteiger partial charge in [0.25, 0.3) is 0 Å². The molecule has 1 unspecified atom stereocenters. The summed E-state index contributed by atoms with van der Waals surface area (Å²) in [5, 5.41) is 6.07. The Hall–Kier alpha value is -0.340. The Bertz CT molecular complexity index is 407. The van der Waals surface area contributed by atoms with Gasteiger partial charge in [-0.1, -0.05) is 0 Å². The molecule has 0 spiro atoms. The summed E-state index contributed by atoms with van der Waals surface area (Å²) in [6, 6.07) is 2.26. The lowest BCUT2D eigenvalue weighted by atomic mass is 9.94. The van der Waals surface area contributed by atoms with E-state index in [2.05, 4.69) is 39.3 Å². The molecule has 1 heterocycles. The zero-order chi connectivity index (χ0) is 12.3. The van der Waals surface area contributed by atoms with Gasteiger partial charge in [-0.15, -0.1) is 11.3 Å². The second-order valence-corrected chi connectivity index (χ2v) is 7.15. The number of carbonyl (C=O) groups is 1. The molecule has 2 amide bonds. The van der Waals surface area contributed by atoms with Crippen molar-refractivity contribution in [3.63, 3.8) is 0 Å². The minimum Gasteiger partial charge on any atom is -0.352 e. The maximum absolute atomic E-state index is 10.5. The molecular weight excluding hydrogens is 349 g/mol. The molecule has 94 valence electrons. The van der Waals surface area contributed by atoms with E-state index < -0.39 is 6.03 Å². The molecule has 0 radical (unpaired) electrons. The van der Waals surface area contributed by atoms with Crippen LogP contribution in [-0.2, 0) is 6.42 Å². The van der Waals surface area contributed by atoms with Crippen LogP contribution in [0.4, 0.5) is 4.79 Å². The maximum atomic E-state index is 10.5. The van der Waals surface area contributed by atoms with E-state index in [9.17, 15) is 4.79 Å². The van der Waals surface area contributed by atoms with Gasteiger partial charge in [0.2, 0.25) is 0 Å². The van der Waals surface area contributed by atoms with Crippen LogP contribution in [0.5, 0.6) is 0 Å². The van der Waals surface area contributed by atoms with Crippen LogP contribution in [-0.4, -0.2) is 19.1 Å². The molecule has 0 aromatic carbocycles. The van der Waals surface area contributed by atoms with E-state index in [1.807, 2.05) is 11.3 Å². The number of aryl methyl sites for hydroxylation is 1. The lowest BCUT2D eigenvalue weighted by Crippen LogP contribution is -2.36. The van der Waals surface area contributed by atoms with Crippen molar-refractivity contribution in [3.8, 4) is 0 Å². The summed E-state index contributed by atoms with van der Waals surface area (Å²) >= 11 is 4.28. The molecule has 0 saturated carbocycles. The molecule has 17 heavy (non-hydrogen) atoms. The van der Waals surface area contributed by atoms with Crippen LogP contribution in [0.1, 0.15) is 29.3 Å². The zero-order valence-corrected chi connectivity index (χ0v) is 12.4. The Morgan fingerprint density at radius 1 is 1.59 bits per heavy atom. The molecule has 6 heteroatoms. The number of halogens is 1. The van der Waals surface area contributed by atoms with Gasteiger partial charge in [0, 0.05) is 24.0 Å². The van der Waals surface area contributed by atoms with Crippen LogP contribution >= 0.6 is 33.9 Å². The number of thiophene rings is 1. The van der Waals surface area contributed by atoms with E-state index in [4.69, 9.17) is 5.73 Å². The van der Waals surface area contributed by atoms with Crippen molar-refractivity contribution < 1.29 is 4.79 Å². The normalized spacial score (nSPS) is 18.8. The Kier molecular flexibility index (Phi) is 4.63. The predicted octanol–water partition coefficient (Wildman–Crippen LogP) is 1.99. The van der Waals surface area contributed by atoms with Gasteiger partial charge in [0.1, 0.15) is 0 Å². The predicted molar refractivity (Wildman–Crippen MR) is 78.3 cm³/mol. The second-order valence-electron chi connectivity index (χ2n) is 4.12. The van der Waals surface area contributed by atoms with Crippen molar-refractivity contribution in [1.29, 1.82) is 0 Å². The smallest absolute Gasteiger partial charge is 0.312 e. The Balaban J connectivity index is 1.88. The lowest BCUT2D eigenvalue weighted by Gasteiger charge is -2.23. The van der Waals surface area contributed by atoms with E-state index in [1.165, 1.54) is 32.6 Å². The first-order chi connectivity index (χ1) is 8.16. The topological polar surface area (TPSA) is 67.2 Å². The first-order valence-electron chi connectivity index (χ1n) is 5.71. The summed E-state index contributed by atoms with van der Waals surface area (Å²) in [6.07, 6.45) is 3.63. The number of carbonyl (C=O) groups excluding carboxylic acids is 1. The lowest BCUT2D eigenvalue weighted by molar-refractivity contribution is 0.248. The fourth-order valence-electron chi connectivity index (χ4n) is 2.17. The number of rotatable bonds is 4. The first kappa shape index (κ1) is 13.1. The third kappa shape index (κ3) is 3.56. The minimum atomic E-state index is -0.457. The summed E-state index contributed by atoms with van der Waals surface area (Å²) in [5.74, 6) is 0. The third-order valence-corrected chi connectivity index (χ3v) is 4.87. The maximum Gasteiger partial charge on any atom is 0.312 e. The highest BCUT2D eigenvalue weighted by molar-refractivity contribution is 14.1. The van der Waals surface area contributed by atoms with Crippen molar-refractivity contribution in [2.75, 3.05) is 13.1 Å². The molecular formula is C11H16IN3OS. The van der Waals surface area contributed by atoms with Gasteiger partial charge in [-0.05, 0) is 53.5 Å². The average molecular weight is 365 g/mol. The largest absolute Gasteiger partial charge is 0.352 e. The fourth-order valence-corrected chi connectivity index (χ4v) is 4.29. The molecule has 4 nitrogen and oxygen atoms in total. The molecule has 0 saturated heterocycles.